The normalized spacial score (nSPS) is 12.8. The van der Waals surface area contributed by atoms with Crippen molar-refractivity contribution in [1.82, 2.24) is 4.98 Å². The van der Waals surface area contributed by atoms with Crippen molar-refractivity contribution in [2.24, 2.45) is 0 Å². The minimum Gasteiger partial charge on any atom is -0.384 e. The third kappa shape index (κ3) is 4.79. The first-order valence-electron chi connectivity index (χ1n) is 8.31. The van der Waals surface area contributed by atoms with Gasteiger partial charge in [-0.1, -0.05) is 58.0 Å². The zero-order valence-electron chi connectivity index (χ0n) is 14.8. The molecule has 23 heavy (non-hydrogen) atoms. The molecule has 2 aromatic rings. The molecule has 0 aliphatic carbocycles. The van der Waals surface area contributed by atoms with Gasteiger partial charge in [0.2, 0.25) is 0 Å². The molecule has 3 nitrogen and oxygen atoms in total. The van der Waals surface area contributed by atoms with Crippen molar-refractivity contribution in [3.63, 3.8) is 0 Å². The van der Waals surface area contributed by atoms with Gasteiger partial charge in [-0.15, -0.1) is 11.3 Å². The van der Waals surface area contributed by atoms with Crippen LogP contribution in [0.4, 0.5) is 5.13 Å². The topological polar surface area (TPSA) is 34.1 Å². The molecule has 0 saturated heterocycles. The van der Waals surface area contributed by atoms with Crippen LogP contribution >= 0.6 is 11.3 Å². The highest BCUT2D eigenvalue weighted by Gasteiger charge is 2.18. The van der Waals surface area contributed by atoms with E-state index in [0.717, 1.165) is 11.7 Å². The molecule has 0 fully saturated rings. The lowest BCUT2D eigenvalue weighted by molar-refractivity contribution is 0.182. The van der Waals surface area contributed by atoms with Gasteiger partial charge in [-0.2, -0.15) is 0 Å². The van der Waals surface area contributed by atoms with E-state index in [1.54, 1.807) is 18.4 Å². The number of hydrogen-bond donors (Lipinski definition) is 1. The van der Waals surface area contributed by atoms with E-state index in [0.29, 0.717) is 24.4 Å². The third-order valence-electron chi connectivity index (χ3n) is 3.89. The predicted molar refractivity (Wildman–Crippen MR) is 99.8 cm³/mol. The van der Waals surface area contributed by atoms with E-state index >= 15 is 0 Å². The van der Waals surface area contributed by atoms with Crippen LogP contribution in [-0.2, 0) is 4.74 Å². The summed E-state index contributed by atoms with van der Waals surface area (Å²) >= 11 is 1.79. The number of anilines is 1. The number of nitrogens with zero attached hydrogens (tertiary/aromatic N) is 1. The van der Waals surface area contributed by atoms with Crippen molar-refractivity contribution in [1.29, 1.82) is 0 Å². The molecule has 1 N–H and O–H groups in total. The van der Waals surface area contributed by atoms with Crippen LogP contribution in [0.5, 0.6) is 0 Å². The maximum Gasteiger partial charge on any atom is 0.183 e. The first kappa shape index (κ1) is 18.0. The second-order valence-corrected chi connectivity index (χ2v) is 7.55. The highest BCUT2D eigenvalue weighted by molar-refractivity contribution is 7.15. The molecule has 0 spiro atoms. The summed E-state index contributed by atoms with van der Waals surface area (Å²) in [6.07, 6.45) is 0. The quantitative estimate of drug-likeness (QED) is 0.718. The van der Waals surface area contributed by atoms with Crippen molar-refractivity contribution < 1.29 is 4.74 Å². The summed E-state index contributed by atoms with van der Waals surface area (Å²) in [4.78, 5) is 6.22. The second kappa shape index (κ2) is 8.46. The smallest absolute Gasteiger partial charge is 0.183 e. The number of rotatable bonds is 8. The fourth-order valence-electron chi connectivity index (χ4n) is 2.66. The molecule has 0 amide bonds. The van der Waals surface area contributed by atoms with E-state index in [-0.39, 0.29) is 0 Å². The number of methoxy groups -OCH3 is 1. The monoisotopic (exact) mass is 332 g/mol. The number of aromatic nitrogens is 1. The average molecular weight is 333 g/mol. The summed E-state index contributed by atoms with van der Waals surface area (Å²) in [5.41, 5.74) is 2.53. The fourth-order valence-corrected chi connectivity index (χ4v) is 3.79. The predicted octanol–water partition coefficient (Wildman–Crippen LogP) is 5.23. The van der Waals surface area contributed by atoms with Crippen LogP contribution in [0.2, 0.25) is 0 Å². The van der Waals surface area contributed by atoms with Crippen LogP contribution in [0.25, 0.3) is 0 Å². The van der Waals surface area contributed by atoms with Gasteiger partial charge in [0, 0.05) is 24.4 Å². The molecule has 1 atom stereocenters. The average Bonchev–Trinajstić information content (AvgIpc) is 2.97. The number of hydrogen-bond acceptors (Lipinski definition) is 4. The first-order chi connectivity index (χ1) is 11.0. The van der Waals surface area contributed by atoms with E-state index < -0.39 is 0 Å². The molecule has 1 heterocycles. The lowest BCUT2D eigenvalue weighted by Crippen LogP contribution is -2.17. The minimum absolute atomic E-state index is 0.329. The van der Waals surface area contributed by atoms with Crippen LogP contribution in [0.15, 0.2) is 30.3 Å². The molecule has 0 aliphatic heterocycles. The molecular weight excluding hydrogens is 304 g/mol. The Kier molecular flexibility index (Phi) is 6.60. The Labute approximate surface area is 144 Å². The molecule has 1 aromatic heterocycles. The highest BCUT2D eigenvalue weighted by Crippen LogP contribution is 2.34. The van der Waals surface area contributed by atoms with Crippen molar-refractivity contribution >= 4 is 16.5 Å². The summed E-state index contributed by atoms with van der Waals surface area (Å²) in [6.45, 7) is 10.4. The molecule has 1 unspecified atom stereocenters. The number of benzene rings is 1. The number of nitrogens with one attached hydrogen (secondary N) is 1. The van der Waals surface area contributed by atoms with Gasteiger partial charge in [-0.3, -0.25) is 0 Å². The van der Waals surface area contributed by atoms with E-state index in [1.807, 2.05) is 6.07 Å². The summed E-state index contributed by atoms with van der Waals surface area (Å²) < 4.78 is 5.40. The first-order valence-corrected chi connectivity index (χ1v) is 9.13. The summed E-state index contributed by atoms with van der Waals surface area (Å²) in [6, 6.07) is 10.5. The van der Waals surface area contributed by atoms with Gasteiger partial charge in [0.1, 0.15) is 0 Å². The van der Waals surface area contributed by atoms with Crippen molar-refractivity contribution in [2.75, 3.05) is 25.6 Å². The summed E-state index contributed by atoms with van der Waals surface area (Å²) in [7, 11) is 1.76. The summed E-state index contributed by atoms with van der Waals surface area (Å²) in [5.74, 6) is 1.31. The second-order valence-electron chi connectivity index (χ2n) is 6.52. The fraction of sp³-hybridized carbons (Fsp3) is 0.526. The molecule has 0 aliphatic rings. The minimum atomic E-state index is 0.329. The molecule has 0 saturated carbocycles. The standard InChI is InChI=1S/C19H28N2OS/c1-13(2)17-18(14(3)4)23-19(21-17)20-11-16(12-22-5)15-9-7-6-8-10-15/h6-10,13-14,16H,11-12H2,1-5H3,(H,20,21). The zero-order chi connectivity index (χ0) is 16.8. The maximum absolute atomic E-state index is 5.40. The Morgan fingerprint density at radius 1 is 1.09 bits per heavy atom. The Hall–Kier alpha value is -1.39. The lowest BCUT2D eigenvalue weighted by atomic mass is 10.0. The molecular formula is C19H28N2OS. The van der Waals surface area contributed by atoms with Gasteiger partial charge in [-0.25, -0.2) is 4.98 Å². The number of ether oxygens (including phenoxy) is 1. The molecule has 0 bridgehead atoms. The van der Waals surface area contributed by atoms with Crippen LogP contribution < -0.4 is 5.32 Å². The van der Waals surface area contributed by atoms with Gasteiger partial charge < -0.3 is 10.1 Å². The Balaban J connectivity index is 2.10. The van der Waals surface area contributed by atoms with Gasteiger partial charge in [0.25, 0.3) is 0 Å². The Morgan fingerprint density at radius 2 is 1.78 bits per heavy atom. The Bertz CT molecular complexity index is 567. The summed E-state index contributed by atoms with van der Waals surface area (Å²) in [5, 5.41) is 4.55. The highest BCUT2D eigenvalue weighted by atomic mass is 32.1. The third-order valence-corrected chi connectivity index (χ3v) is 5.22. The molecule has 0 radical (unpaired) electrons. The molecule has 126 valence electrons. The molecule has 1 aromatic carbocycles. The Morgan fingerprint density at radius 3 is 2.30 bits per heavy atom. The zero-order valence-corrected chi connectivity index (χ0v) is 15.6. The van der Waals surface area contributed by atoms with Crippen LogP contribution in [0.3, 0.4) is 0 Å². The van der Waals surface area contributed by atoms with Gasteiger partial charge in [-0.05, 0) is 17.4 Å². The van der Waals surface area contributed by atoms with Crippen molar-refractivity contribution in [3.8, 4) is 0 Å². The van der Waals surface area contributed by atoms with E-state index in [4.69, 9.17) is 9.72 Å². The van der Waals surface area contributed by atoms with E-state index in [2.05, 4.69) is 57.3 Å². The van der Waals surface area contributed by atoms with Crippen LogP contribution in [-0.4, -0.2) is 25.2 Å². The van der Waals surface area contributed by atoms with Gasteiger partial charge in [0.05, 0.1) is 12.3 Å². The van der Waals surface area contributed by atoms with Crippen LogP contribution in [0.1, 0.15) is 61.6 Å². The maximum atomic E-state index is 5.40. The van der Waals surface area contributed by atoms with Crippen molar-refractivity contribution in [3.05, 3.63) is 46.5 Å². The number of thiazole rings is 1. The SMILES string of the molecule is COCC(CNc1nc(C(C)C)c(C(C)C)s1)c1ccccc1. The van der Waals surface area contributed by atoms with Gasteiger partial charge in [0.15, 0.2) is 5.13 Å². The van der Waals surface area contributed by atoms with Gasteiger partial charge >= 0.3 is 0 Å². The van der Waals surface area contributed by atoms with E-state index in [1.165, 1.54) is 16.1 Å². The molecule has 2 rings (SSSR count). The van der Waals surface area contributed by atoms with E-state index in [9.17, 15) is 0 Å². The lowest BCUT2D eigenvalue weighted by Gasteiger charge is -2.16. The van der Waals surface area contributed by atoms with Crippen molar-refractivity contribution in [2.45, 2.75) is 45.4 Å². The molecule has 4 heteroatoms. The van der Waals surface area contributed by atoms with Crippen LogP contribution in [0, 0.1) is 0 Å². The largest absolute Gasteiger partial charge is 0.384 e.